The summed E-state index contributed by atoms with van der Waals surface area (Å²) in [5.41, 5.74) is 3.30. The molecule has 1 aliphatic carbocycles. The molecule has 0 radical (unpaired) electrons. The van der Waals surface area contributed by atoms with E-state index in [1.54, 1.807) is 0 Å². The van der Waals surface area contributed by atoms with Crippen molar-refractivity contribution in [2.45, 2.75) is 25.4 Å². The van der Waals surface area contributed by atoms with Crippen molar-refractivity contribution in [2.75, 3.05) is 7.05 Å². The van der Waals surface area contributed by atoms with Gasteiger partial charge in [0.15, 0.2) is 5.65 Å². The van der Waals surface area contributed by atoms with Crippen molar-refractivity contribution in [2.24, 2.45) is 0 Å². The van der Waals surface area contributed by atoms with Crippen molar-refractivity contribution in [3.05, 3.63) is 24.2 Å². The van der Waals surface area contributed by atoms with E-state index in [0.717, 1.165) is 17.7 Å². The van der Waals surface area contributed by atoms with Gasteiger partial charge in [-0.3, -0.25) is 0 Å². The Bertz CT molecular complexity index is 484. The summed E-state index contributed by atoms with van der Waals surface area (Å²) in [5, 5.41) is 3.15. The maximum Gasteiger partial charge on any atom is 0.160 e. The lowest BCUT2D eigenvalue weighted by Crippen LogP contribution is -2.06. The van der Waals surface area contributed by atoms with Crippen LogP contribution < -0.4 is 5.32 Å². The molecule has 15 heavy (non-hydrogen) atoms. The zero-order valence-corrected chi connectivity index (χ0v) is 8.77. The zero-order chi connectivity index (χ0) is 10.3. The van der Waals surface area contributed by atoms with Gasteiger partial charge in [-0.05, 0) is 31.5 Å². The van der Waals surface area contributed by atoms with Crippen molar-refractivity contribution >= 4 is 11.2 Å². The quantitative estimate of drug-likeness (QED) is 0.820. The monoisotopic (exact) mass is 202 g/mol. The van der Waals surface area contributed by atoms with Crippen LogP contribution in [0.15, 0.2) is 18.6 Å². The van der Waals surface area contributed by atoms with Gasteiger partial charge in [0, 0.05) is 18.8 Å². The molecule has 2 aromatic rings. The molecule has 0 aliphatic heterocycles. The predicted octanol–water partition coefficient (Wildman–Crippen LogP) is 1.49. The van der Waals surface area contributed by atoms with Crippen LogP contribution in [0.1, 0.15) is 24.4 Å². The van der Waals surface area contributed by atoms with Gasteiger partial charge in [-0.1, -0.05) is 0 Å². The van der Waals surface area contributed by atoms with Gasteiger partial charge in [0.25, 0.3) is 0 Å². The van der Waals surface area contributed by atoms with Crippen LogP contribution in [0, 0.1) is 0 Å². The third-order valence-corrected chi connectivity index (χ3v) is 2.85. The van der Waals surface area contributed by atoms with Crippen molar-refractivity contribution in [3.63, 3.8) is 0 Å². The van der Waals surface area contributed by atoms with Gasteiger partial charge in [-0.2, -0.15) is 0 Å². The van der Waals surface area contributed by atoms with Gasteiger partial charge in [-0.25, -0.2) is 9.97 Å². The topological polar surface area (TPSA) is 42.7 Å². The first kappa shape index (κ1) is 8.85. The van der Waals surface area contributed by atoms with Gasteiger partial charge in [-0.15, -0.1) is 0 Å². The molecule has 3 rings (SSSR count). The first-order valence-electron chi connectivity index (χ1n) is 5.35. The number of fused-ring (bicyclic) bond motifs is 1. The molecule has 2 heterocycles. The summed E-state index contributed by atoms with van der Waals surface area (Å²) in [5.74, 6) is 0. The van der Waals surface area contributed by atoms with E-state index in [1.165, 1.54) is 18.4 Å². The third kappa shape index (κ3) is 1.41. The molecule has 1 saturated carbocycles. The molecule has 4 heteroatoms. The molecule has 0 bridgehead atoms. The van der Waals surface area contributed by atoms with Gasteiger partial charge < -0.3 is 9.88 Å². The van der Waals surface area contributed by atoms with Crippen LogP contribution in [0.3, 0.4) is 0 Å². The second-order valence-corrected chi connectivity index (χ2v) is 4.06. The fraction of sp³-hybridized carbons (Fsp3) is 0.455. The molecule has 0 spiro atoms. The van der Waals surface area contributed by atoms with Crippen LogP contribution in [-0.2, 0) is 6.54 Å². The van der Waals surface area contributed by atoms with E-state index in [1.807, 2.05) is 25.6 Å². The second kappa shape index (κ2) is 3.31. The van der Waals surface area contributed by atoms with Gasteiger partial charge >= 0.3 is 0 Å². The Morgan fingerprint density at radius 3 is 3.07 bits per heavy atom. The lowest BCUT2D eigenvalue weighted by Gasteiger charge is -2.02. The minimum Gasteiger partial charge on any atom is -0.316 e. The Balaban J connectivity index is 2.14. The third-order valence-electron chi connectivity index (χ3n) is 2.85. The molecule has 1 aliphatic rings. The minimum absolute atomic E-state index is 0.646. The number of hydrogen-bond acceptors (Lipinski definition) is 3. The lowest BCUT2D eigenvalue weighted by atomic mass is 10.2. The summed E-state index contributed by atoms with van der Waals surface area (Å²) in [7, 11) is 1.95. The summed E-state index contributed by atoms with van der Waals surface area (Å²) < 4.78 is 2.20. The summed E-state index contributed by atoms with van der Waals surface area (Å²) in [4.78, 5) is 8.88. The maximum absolute atomic E-state index is 4.46. The highest BCUT2D eigenvalue weighted by Gasteiger charge is 2.25. The smallest absolute Gasteiger partial charge is 0.160 e. The molecular formula is C11H14N4. The highest BCUT2D eigenvalue weighted by molar-refractivity contribution is 5.74. The molecule has 0 aromatic carbocycles. The number of rotatable bonds is 3. The van der Waals surface area contributed by atoms with E-state index >= 15 is 0 Å². The minimum atomic E-state index is 0.646. The summed E-state index contributed by atoms with van der Waals surface area (Å²) in [6, 6.07) is 2.68. The summed E-state index contributed by atoms with van der Waals surface area (Å²) in [6.45, 7) is 0.848. The van der Waals surface area contributed by atoms with E-state index in [2.05, 4.69) is 19.9 Å². The van der Waals surface area contributed by atoms with Crippen LogP contribution in [0.25, 0.3) is 11.2 Å². The summed E-state index contributed by atoms with van der Waals surface area (Å²) >= 11 is 0. The number of nitrogens with zero attached hydrogens (tertiary/aromatic N) is 3. The van der Waals surface area contributed by atoms with E-state index in [0.29, 0.717) is 6.04 Å². The van der Waals surface area contributed by atoms with Gasteiger partial charge in [0.1, 0.15) is 5.52 Å². The van der Waals surface area contributed by atoms with E-state index in [9.17, 15) is 0 Å². The molecule has 4 nitrogen and oxygen atoms in total. The fourth-order valence-electron chi connectivity index (χ4n) is 1.94. The Kier molecular flexibility index (Phi) is 1.95. The number of aromatic nitrogens is 3. The van der Waals surface area contributed by atoms with Crippen LogP contribution in [0.4, 0.5) is 0 Å². The zero-order valence-electron chi connectivity index (χ0n) is 8.77. The Labute approximate surface area is 88.3 Å². The van der Waals surface area contributed by atoms with Crippen molar-refractivity contribution in [1.82, 2.24) is 19.9 Å². The number of imidazole rings is 1. The number of pyridine rings is 1. The standard InChI is InChI=1S/C11H14N4/c1-12-6-8-4-5-13-11-10(8)14-7-15(11)9-2-3-9/h4-5,7,9,12H,2-3,6H2,1H3. The van der Waals surface area contributed by atoms with Crippen molar-refractivity contribution < 1.29 is 0 Å². The van der Waals surface area contributed by atoms with Crippen molar-refractivity contribution in [1.29, 1.82) is 0 Å². The molecule has 0 saturated heterocycles. The largest absolute Gasteiger partial charge is 0.316 e. The Morgan fingerprint density at radius 2 is 2.33 bits per heavy atom. The molecule has 0 unspecified atom stereocenters. The predicted molar refractivity (Wildman–Crippen MR) is 58.6 cm³/mol. The highest BCUT2D eigenvalue weighted by Crippen LogP contribution is 2.36. The van der Waals surface area contributed by atoms with Gasteiger partial charge in [0.2, 0.25) is 0 Å². The average Bonchev–Trinajstić information content (AvgIpc) is 3.00. The lowest BCUT2D eigenvalue weighted by molar-refractivity contribution is 0.757. The Morgan fingerprint density at radius 1 is 1.47 bits per heavy atom. The SMILES string of the molecule is CNCc1ccnc2c1ncn2C1CC1. The maximum atomic E-state index is 4.46. The normalized spacial score (nSPS) is 16.1. The molecule has 2 aromatic heterocycles. The van der Waals surface area contributed by atoms with Crippen LogP contribution in [0.5, 0.6) is 0 Å². The number of hydrogen-bond donors (Lipinski definition) is 1. The first-order chi connectivity index (χ1) is 7.40. The molecule has 0 amide bonds. The molecule has 0 atom stereocenters. The van der Waals surface area contributed by atoms with E-state index in [-0.39, 0.29) is 0 Å². The average molecular weight is 202 g/mol. The molecule has 1 fully saturated rings. The first-order valence-corrected chi connectivity index (χ1v) is 5.35. The van der Waals surface area contributed by atoms with Gasteiger partial charge in [0.05, 0.1) is 6.33 Å². The molecule has 1 N–H and O–H groups in total. The second-order valence-electron chi connectivity index (χ2n) is 4.06. The summed E-state index contributed by atoms with van der Waals surface area (Å²) in [6.07, 6.45) is 6.33. The number of nitrogens with one attached hydrogen (secondary N) is 1. The molecule has 78 valence electrons. The van der Waals surface area contributed by atoms with Crippen LogP contribution >= 0.6 is 0 Å². The van der Waals surface area contributed by atoms with E-state index < -0.39 is 0 Å². The molecular weight excluding hydrogens is 188 g/mol. The highest BCUT2D eigenvalue weighted by atomic mass is 15.1. The van der Waals surface area contributed by atoms with Crippen molar-refractivity contribution in [3.8, 4) is 0 Å². The Hall–Kier alpha value is -1.42. The van der Waals surface area contributed by atoms with E-state index in [4.69, 9.17) is 0 Å². The van der Waals surface area contributed by atoms with Crippen LogP contribution in [-0.4, -0.2) is 21.6 Å². The fourth-order valence-corrected chi connectivity index (χ4v) is 1.94. The van der Waals surface area contributed by atoms with Crippen LogP contribution in [0.2, 0.25) is 0 Å².